The van der Waals surface area contributed by atoms with Crippen molar-refractivity contribution in [2.75, 3.05) is 19.9 Å². The molecule has 10 heteroatoms. The second kappa shape index (κ2) is 11.3. The second-order valence-electron chi connectivity index (χ2n) is 9.96. The van der Waals surface area contributed by atoms with Gasteiger partial charge < -0.3 is 35.1 Å². The molecule has 0 spiro atoms. The first kappa shape index (κ1) is 27.0. The first-order chi connectivity index (χ1) is 19.2. The van der Waals surface area contributed by atoms with E-state index in [9.17, 15) is 24.6 Å². The average molecular weight is 547 g/mol. The van der Waals surface area contributed by atoms with E-state index >= 15 is 0 Å². The van der Waals surface area contributed by atoms with Crippen molar-refractivity contribution < 1.29 is 38.8 Å². The van der Waals surface area contributed by atoms with Gasteiger partial charge in [-0.15, -0.1) is 0 Å². The number of ketones is 1. The molecule has 40 heavy (non-hydrogen) atoms. The van der Waals surface area contributed by atoms with Gasteiger partial charge in [0.2, 0.25) is 6.79 Å². The zero-order valence-electron chi connectivity index (χ0n) is 22.2. The maximum Gasteiger partial charge on any atom is 0.338 e. The third-order valence-electron chi connectivity index (χ3n) is 7.10. The third-order valence-corrected chi connectivity index (χ3v) is 7.10. The highest BCUT2D eigenvalue weighted by Crippen LogP contribution is 2.38. The number of phenolic OH excluding ortho intramolecular Hbond substituents is 2. The van der Waals surface area contributed by atoms with Crippen LogP contribution in [0.4, 0.5) is 0 Å². The molecule has 5 rings (SSSR count). The normalized spacial score (nSPS) is 18.1. The Labute approximate surface area is 230 Å². The van der Waals surface area contributed by atoms with Crippen LogP contribution in [-0.4, -0.2) is 59.9 Å². The van der Waals surface area contributed by atoms with Crippen molar-refractivity contribution in [3.8, 4) is 23.0 Å². The molecule has 1 fully saturated rings. The molecule has 2 aliphatic heterocycles. The van der Waals surface area contributed by atoms with E-state index in [2.05, 4.69) is 10.6 Å². The largest absolute Gasteiger partial charge is 0.507 e. The van der Waals surface area contributed by atoms with Gasteiger partial charge >= 0.3 is 5.97 Å². The summed E-state index contributed by atoms with van der Waals surface area (Å²) in [6, 6.07) is 11.5. The van der Waals surface area contributed by atoms with Crippen LogP contribution < -0.4 is 20.1 Å². The van der Waals surface area contributed by atoms with E-state index in [1.807, 2.05) is 0 Å². The van der Waals surface area contributed by atoms with E-state index < -0.39 is 23.9 Å². The van der Waals surface area contributed by atoms with Crippen molar-refractivity contribution in [1.29, 1.82) is 0 Å². The van der Waals surface area contributed by atoms with Gasteiger partial charge in [-0.25, -0.2) is 4.79 Å². The molecular formula is C30H30N2O8. The zero-order valence-corrected chi connectivity index (χ0v) is 22.2. The number of carbonyl (C=O) groups excluding carboxylic acids is 3. The van der Waals surface area contributed by atoms with E-state index in [1.165, 1.54) is 36.4 Å². The van der Waals surface area contributed by atoms with Crippen LogP contribution in [0.3, 0.4) is 0 Å². The molecule has 2 heterocycles. The fourth-order valence-electron chi connectivity index (χ4n) is 4.87. The Balaban J connectivity index is 1.27. The second-order valence-corrected chi connectivity index (χ2v) is 9.96. The summed E-state index contributed by atoms with van der Waals surface area (Å²) in [5.41, 5.74) is 2.19. The molecule has 2 aliphatic rings. The minimum atomic E-state index is -0.576. The third kappa shape index (κ3) is 5.57. The Bertz CT molecular complexity index is 1440. The van der Waals surface area contributed by atoms with Crippen molar-refractivity contribution in [2.24, 2.45) is 0 Å². The van der Waals surface area contributed by atoms with Crippen LogP contribution in [-0.2, 0) is 4.74 Å². The van der Waals surface area contributed by atoms with E-state index in [4.69, 9.17) is 14.2 Å². The summed E-state index contributed by atoms with van der Waals surface area (Å²) in [6.45, 7) is 4.62. The van der Waals surface area contributed by atoms with Gasteiger partial charge in [0.1, 0.15) is 17.6 Å². The van der Waals surface area contributed by atoms with Crippen molar-refractivity contribution in [3.63, 3.8) is 0 Å². The molecule has 10 nitrogen and oxygen atoms in total. The van der Waals surface area contributed by atoms with Crippen LogP contribution in [0.15, 0.2) is 48.5 Å². The summed E-state index contributed by atoms with van der Waals surface area (Å²) in [5.74, 6) is -0.679. The summed E-state index contributed by atoms with van der Waals surface area (Å²) < 4.78 is 16.4. The van der Waals surface area contributed by atoms with Crippen molar-refractivity contribution in [3.05, 3.63) is 81.9 Å². The average Bonchev–Trinajstić information content (AvgIpc) is 3.29. The van der Waals surface area contributed by atoms with Gasteiger partial charge in [-0.05, 0) is 74.7 Å². The number of aromatic hydroxyl groups is 2. The number of nitrogens with one attached hydrogen (secondary N) is 2. The summed E-state index contributed by atoms with van der Waals surface area (Å²) in [4.78, 5) is 39.1. The SMILES string of the molecule is Cc1cc(C(=O)N[C@@H]2CNCCC[C@H]2OC(=O)c2ccc(C(=O)c3cc4c(cc3O)OCO4)cc2)cc(C)c1O. The minimum Gasteiger partial charge on any atom is -0.507 e. The molecule has 0 saturated carbocycles. The van der Waals surface area contributed by atoms with Crippen LogP contribution in [0, 0.1) is 13.8 Å². The van der Waals surface area contributed by atoms with Crippen molar-refractivity contribution >= 4 is 17.7 Å². The number of amides is 1. The van der Waals surface area contributed by atoms with E-state index in [1.54, 1.807) is 26.0 Å². The van der Waals surface area contributed by atoms with Crippen LogP contribution in [0.25, 0.3) is 0 Å². The molecule has 0 aliphatic carbocycles. The molecule has 2 atom stereocenters. The van der Waals surface area contributed by atoms with Gasteiger partial charge in [0.15, 0.2) is 17.3 Å². The molecule has 3 aromatic rings. The van der Waals surface area contributed by atoms with Crippen LogP contribution in [0.1, 0.15) is 60.6 Å². The smallest absolute Gasteiger partial charge is 0.338 e. The summed E-state index contributed by atoms with van der Waals surface area (Å²) >= 11 is 0. The van der Waals surface area contributed by atoms with E-state index in [0.29, 0.717) is 41.2 Å². The van der Waals surface area contributed by atoms with Crippen LogP contribution in [0.5, 0.6) is 23.0 Å². The minimum absolute atomic E-state index is 0.0149. The van der Waals surface area contributed by atoms with Gasteiger partial charge in [0.05, 0.1) is 17.2 Å². The van der Waals surface area contributed by atoms with Gasteiger partial charge in [-0.1, -0.05) is 12.1 Å². The number of fused-ring (bicyclic) bond motifs is 1. The number of esters is 1. The van der Waals surface area contributed by atoms with Gasteiger partial charge in [0, 0.05) is 23.7 Å². The first-order valence-electron chi connectivity index (χ1n) is 13.0. The number of benzene rings is 3. The number of hydrogen-bond donors (Lipinski definition) is 4. The lowest BCUT2D eigenvalue weighted by molar-refractivity contribution is 0.0192. The Kier molecular flexibility index (Phi) is 7.61. The summed E-state index contributed by atoms with van der Waals surface area (Å²) in [7, 11) is 0. The van der Waals surface area contributed by atoms with Gasteiger partial charge in [-0.2, -0.15) is 0 Å². The van der Waals surface area contributed by atoms with Crippen LogP contribution in [0.2, 0.25) is 0 Å². The predicted octanol–water partition coefficient (Wildman–Crippen LogP) is 3.38. The lowest BCUT2D eigenvalue weighted by atomic mass is 10.0. The van der Waals surface area contributed by atoms with Crippen molar-refractivity contribution in [2.45, 2.75) is 38.8 Å². The molecule has 1 saturated heterocycles. The number of hydrogen-bond acceptors (Lipinski definition) is 9. The Morgan fingerprint density at radius 2 is 1.57 bits per heavy atom. The van der Waals surface area contributed by atoms with Crippen molar-refractivity contribution in [1.82, 2.24) is 10.6 Å². The lowest BCUT2D eigenvalue weighted by Crippen LogP contribution is -2.49. The van der Waals surface area contributed by atoms with E-state index in [-0.39, 0.29) is 40.9 Å². The predicted molar refractivity (Wildman–Crippen MR) is 144 cm³/mol. The Hall–Kier alpha value is -4.57. The molecular weight excluding hydrogens is 516 g/mol. The Morgan fingerprint density at radius 1 is 0.925 bits per heavy atom. The first-order valence-corrected chi connectivity index (χ1v) is 13.0. The molecule has 0 bridgehead atoms. The van der Waals surface area contributed by atoms with Gasteiger partial charge in [-0.3, -0.25) is 9.59 Å². The number of ether oxygens (including phenoxy) is 3. The number of carbonyl (C=O) groups is 3. The molecule has 3 aromatic carbocycles. The standard InChI is InChI=1S/C30H30N2O8/c1-16-10-20(11-17(2)27(16)34)29(36)32-22-14-31-9-3-4-24(22)40-30(37)19-7-5-18(6-8-19)28(35)21-12-25-26(13-23(21)33)39-15-38-25/h5-8,10-13,22,24,31,33-34H,3-4,9,14-15H2,1-2H3,(H,32,36)/t22-,24-/m1/s1. The Morgan fingerprint density at radius 3 is 2.27 bits per heavy atom. The fraction of sp³-hybridized carbons (Fsp3) is 0.300. The zero-order chi connectivity index (χ0) is 28.4. The summed E-state index contributed by atoms with van der Waals surface area (Å²) in [5, 5.41) is 26.5. The monoisotopic (exact) mass is 546 g/mol. The molecule has 208 valence electrons. The summed E-state index contributed by atoms with van der Waals surface area (Å²) in [6.07, 6.45) is 0.739. The highest BCUT2D eigenvalue weighted by Gasteiger charge is 2.30. The molecule has 0 unspecified atom stereocenters. The van der Waals surface area contributed by atoms with Crippen LogP contribution >= 0.6 is 0 Å². The highest BCUT2D eigenvalue weighted by atomic mass is 16.7. The molecule has 4 N–H and O–H groups in total. The molecule has 0 aromatic heterocycles. The quantitative estimate of drug-likeness (QED) is 0.270. The van der Waals surface area contributed by atoms with Gasteiger partial charge in [0.25, 0.3) is 5.91 Å². The topological polar surface area (TPSA) is 143 Å². The molecule has 0 radical (unpaired) electrons. The number of rotatable bonds is 6. The number of phenols is 2. The maximum atomic E-state index is 13.0. The fourth-order valence-corrected chi connectivity index (χ4v) is 4.87. The molecule has 1 amide bonds. The highest BCUT2D eigenvalue weighted by molar-refractivity contribution is 6.11. The lowest BCUT2D eigenvalue weighted by Gasteiger charge is -2.26. The van der Waals surface area contributed by atoms with E-state index in [0.717, 1.165) is 13.0 Å². The number of aryl methyl sites for hydroxylation is 2. The maximum absolute atomic E-state index is 13.0.